The molecule has 9 heteroatoms. The van der Waals surface area contributed by atoms with Crippen molar-refractivity contribution in [3.63, 3.8) is 0 Å². The highest BCUT2D eigenvalue weighted by Gasteiger charge is 2.15. The Hall–Kier alpha value is -4.40. The van der Waals surface area contributed by atoms with E-state index in [1.54, 1.807) is 47.0 Å². The smallest absolute Gasteiger partial charge is 0.266 e. The van der Waals surface area contributed by atoms with Gasteiger partial charge in [-0.05, 0) is 50.2 Å². The number of nitrogens with one attached hydrogen (secondary N) is 3. The van der Waals surface area contributed by atoms with E-state index in [1.165, 1.54) is 13.2 Å². The molecule has 168 valence electrons. The first-order valence-corrected chi connectivity index (χ1v) is 10.3. The van der Waals surface area contributed by atoms with E-state index in [0.29, 0.717) is 34.0 Å². The number of amides is 2. The van der Waals surface area contributed by atoms with Crippen LogP contribution < -0.4 is 20.9 Å². The number of anilines is 2. The molecule has 0 aliphatic rings. The molecule has 2 aromatic heterocycles. The van der Waals surface area contributed by atoms with E-state index in [2.05, 4.69) is 20.7 Å². The summed E-state index contributed by atoms with van der Waals surface area (Å²) in [7, 11) is 1.54. The third kappa shape index (κ3) is 4.62. The summed E-state index contributed by atoms with van der Waals surface area (Å²) >= 11 is 0. The van der Waals surface area contributed by atoms with Gasteiger partial charge in [-0.25, -0.2) is 9.50 Å². The number of carbonyl (C=O) groups excluding carboxylic acids is 2. The quantitative estimate of drug-likeness (QED) is 0.422. The van der Waals surface area contributed by atoms with E-state index < -0.39 is 0 Å². The number of benzene rings is 2. The monoisotopic (exact) mass is 445 g/mol. The lowest BCUT2D eigenvalue weighted by atomic mass is 10.1. The van der Waals surface area contributed by atoms with Crippen LogP contribution in [0.25, 0.3) is 5.65 Å². The van der Waals surface area contributed by atoms with Crippen molar-refractivity contribution in [2.45, 2.75) is 20.3 Å². The molecule has 0 saturated carbocycles. The maximum absolute atomic E-state index is 12.6. The SMILES string of the molecule is COc1ccccc1NC(=O)c1ccc(NC(=O)Cc2c(C)nc3cc(=O)[nH]n3c2C)cc1. The summed E-state index contributed by atoms with van der Waals surface area (Å²) in [4.78, 5) is 41.2. The normalized spacial score (nSPS) is 10.8. The standard InChI is InChI=1S/C24H23N5O4/c1-14-18(15(2)29-21(25-14)13-23(31)28-29)12-22(30)26-17-10-8-16(9-11-17)24(32)27-19-6-4-5-7-20(19)33-3/h4-11,13H,12H2,1-3H3,(H,26,30)(H,27,32)(H,28,31). The lowest BCUT2D eigenvalue weighted by molar-refractivity contribution is -0.115. The van der Waals surface area contributed by atoms with Gasteiger partial charge in [0.2, 0.25) is 5.91 Å². The van der Waals surface area contributed by atoms with Crippen LogP contribution in [0.5, 0.6) is 5.75 Å². The molecule has 0 fully saturated rings. The van der Waals surface area contributed by atoms with Crippen LogP contribution in [0.2, 0.25) is 0 Å². The summed E-state index contributed by atoms with van der Waals surface area (Å²) in [6.45, 7) is 3.64. The number of aromatic amines is 1. The number of aryl methyl sites for hydroxylation is 2. The van der Waals surface area contributed by atoms with Gasteiger partial charge in [0.1, 0.15) is 5.75 Å². The van der Waals surface area contributed by atoms with Gasteiger partial charge < -0.3 is 15.4 Å². The maximum atomic E-state index is 12.6. The molecule has 3 N–H and O–H groups in total. The van der Waals surface area contributed by atoms with Crippen molar-refractivity contribution in [2.75, 3.05) is 17.7 Å². The third-order valence-electron chi connectivity index (χ3n) is 5.33. The highest BCUT2D eigenvalue weighted by molar-refractivity contribution is 6.05. The Kier molecular flexibility index (Phi) is 5.95. The predicted molar refractivity (Wildman–Crippen MR) is 125 cm³/mol. The van der Waals surface area contributed by atoms with Crippen molar-refractivity contribution in [2.24, 2.45) is 0 Å². The van der Waals surface area contributed by atoms with Crippen LogP contribution in [-0.4, -0.2) is 33.5 Å². The van der Waals surface area contributed by atoms with Crippen LogP contribution in [0, 0.1) is 13.8 Å². The molecule has 0 aliphatic carbocycles. The van der Waals surface area contributed by atoms with E-state index in [1.807, 2.05) is 19.9 Å². The van der Waals surface area contributed by atoms with Gasteiger partial charge in [-0.1, -0.05) is 12.1 Å². The van der Waals surface area contributed by atoms with Gasteiger partial charge in [0.05, 0.1) is 19.2 Å². The Morgan fingerprint density at radius 1 is 1.06 bits per heavy atom. The molecule has 0 atom stereocenters. The molecule has 0 saturated heterocycles. The molecule has 2 heterocycles. The molecule has 2 aromatic carbocycles. The summed E-state index contributed by atoms with van der Waals surface area (Å²) in [5.41, 5.74) is 4.01. The molecule has 0 unspecified atom stereocenters. The zero-order valence-corrected chi connectivity index (χ0v) is 18.4. The summed E-state index contributed by atoms with van der Waals surface area (Å²) in [6, 6.07) is 15.2. The van der Waals surface area contributed by atoms with Crippen molar-refractivity contribution in [1.29, 1.82) is 0 Å². The minimum atomic E-state index is -0.288. The first-order chi connectivity index (χ1) is 15.9. The third-order valence-corrected chi connectivity index (χ3v) is 5.33. The van der Waals surface area contributed by atoms with E-state index in [-0.39, 0.29) is 23.8 Å². The molecular weight excluding hydrogens is 422 g/mol. The van der Waals surface area contributed by atoms with Crippen molar-refractivity contribution >= 4 is 28.8 Å². The summed E-state index contributed by atoms with van der Waals surface area (Å²) in [6.07, 6.45) is 0.0941. The van der Waals surface area contributed by atoms with Gasteiger partial charge in [0.15, 0.2) is 5.65 Å². The van der Waals surface area contributed by atoms with Gasteiger partial charge in [0.25, 0.3) is 11.5 Å². The molecule has 2 amide bonds. The Morgan fingerprint density at radius 3 is 2.52 bits per heavy atom. The fraction of sp³-hybridized carbons (Fsp3) is 0.167. The number of nitrogens with zero attached hydrogens (tertiary/aromatic N) is 2. The number of ether oxygens (including phenoxy) is 1. The topological polar surface area (TPSA) is 118 Å². The number of hydrogen-bond acceptors (Lipinski definition) is 5. The van der Waals surface area contributed by atoms with Crippen molar-refractivity contribution < 1.29 is 14.3 Å². The molecule has 9 nitrogen and oxygen atoms in total. The Morgan fingerprint density at radius 2 is 1.79 bits per heavy atom. The number of carbonyl (C=O) groups is 2. The minimum absolute atomic E-state index is 0.0941. The number of hydrogen-bond donors (Lipinski definition) is 3. The molecule has 33 heavy (non-hydrogen) atoms. The number of para-hydroxylation sites is 2. The molecular formula is C24H23N5O4. The second-order valence-electron chi connectivity index (χ2n) is 7.53. The zero-order chi connectivity index (χ0) is 23.5. The second-order valence-corrected chi connectivity index (χ2v) is 7.53. The second kappa shape index (κ2) is 8.99. The molecule has 0 aliphatic heterocycles. The van der Waals surface area contributed by atoms with Gasteiger partial charge in [-0.15, -0.1) is 0 Å². The molecule has 4 rings (SSSR count). The van der Waals surface area contributed by atoms with Crippen LogP contribution in [0.4, 0.5) is 11.4 Å². The molecule has 0 radical (unpaired) electrons. The van der Waals surface area contributed by atoms with Crippen LogP contribution in [-0.2, 0) is 11.2 Å². The van der Waals surface area contributed by atoms with E-state index in [4.69, 9.17) is 4.74 Å². The van der Waals surface area contributed by atoms with Gasteiger partial charge in [-0.3, -0.25) is 19.5 Å². The number of rotatable bonds is 6. The van der Waals surface area contributed by atoms with Crippen molar-refractivity contribution in [3.8, 4) is 5.75 Å². The van der Waals surface area contributed by atoms with Crippen molar-refractivity contribution in [1.82, 2.24) is 14.6 Å². The van der Waals surface area contributed by atoms with Gasteiger partial charge in [-0.2, -0.15) is 0 Å². The first kappa shape index (κ1) is 21.8. The van der Waals surface area contributed by atoms with Gasteiger partial charge in [0, 0.05) is 34.3 Å². The fourth-order valence-electron chi connectivity index (χ4n) is 3.62. The highest BCUT2D eigenvalue weighted by atomic mass is 16.5. The van der Waals surface area contributed by atoms with Crippen LogP contribution in [0.1, 0.15) is 27.3 Å². The predicted octanol–water partition coefficient (Wildman–Crippen LogP) is 3.08. The minimum Gasteiger partial charge on any atom is -0.495 e. The summed E-state index contributed by atoms with van der Waals surface area (Å²) in [5.74, 6) is 0.0452. The van der Waals surface area contributed by atoms with E-state index in [0.717, 1.165) is 11.3 Å². The van der Waals surface area contributed by atoms with Crippen molar-refractivity contribution in [3.05, 3.63) is 87.5 Å². The van der Waals surface area contributed by atoms with E-state index >= 15 is 0 Å². The maximum Gasteiger partial charge on any atom is 0.266 e. The van der Waals surface area contributed by atoms with Crippen LogP contribution in [0.3, 0.4) is 0 Å². The Balaban J connectivity index is 1.44. The fourth-order valence-corrected chi connectivity index (χ4v) is 3.62. The average molecular weight is 445 g/mol. The molecule has 4 aromatic rings. The summed E-state index contributed by atoms with van der Waals surface area (Å²) in [5, 5.41) is 8.33. The van der Waals surface area contributed by atoms with Crippen LogP contribution in [0.15, 0.2) is 59.4 Å². The largest absolute Gasteiger partial charge is 0.495 e. The highest BCUT2D eigenvalue weighted by Crippen LogP contribution is 2.24. The molecule has 0 spiro atoms. The zero-order valence-electron chi connectivity index (χ0n) is 18.4. The molecule has 0 bridgehead atoms. The number of aromatic nitrogens is 3. The lowest BCUT2D eigenvalue weighted by Crippen LogP contribution is -2.18. The lowest BCUT2D eigenvalue weighted by Gasteiger charge is -2.12. The Bertz CT molecular complexity index is 1400. The Labute approximate surface area is 189 Å². The number of methoxy groups -OCH3 is 1. The summed E-state index contributed by atoms with van der Waals surface area (Å²) < 4.78 is 6.83. The van der Waals surface area contributed by atoms with E-state index in [9.17, 15) is 14.4 Å². The number of fused-ring (bicyclic) bond motifs is 1. The number of H-pyrrole nitrogens is 1. The average Bonchev–Trinajstić information content (AvgIpc) is 3.17. The van der Waals surface area contributed by atoms with Gasteiger partial charge >= 0.3 is 0 Å². The first-order valence-electron chi connectivity index (χ1n) is 10.3. The van der Waals surface area contributed by atoms with Crippen LogP contribution >= 0.6 is 0 Å².